The lowest BCUT2D eigenvalue weighted by Crippen LogP contribution is -2.40. The molecule has 1 aliphatic rings. The van der Waals surface area contributed by atoms with E-state index in [0.717, 1.165) is 45.6 Å². The summed E-state index contributed by atoms with van der Waals surface area (Å²) in [5.74, 6) is 0.531. The van der Waals surface area contributed by atoms with Crippen LogP contribution in [-0.4, -0.2) is 66.7 Å². The number of ether oxygens (including phenoxy) is 1. The number of hydrogen-bond donors (Lipinski definition) is 1. The average molecular weight is 575 g/mol. The van der Waals surface area contributed by atoms with Gasteiger partial charge < -0.3 is 19.5 Å². The van der Waals surface area contributed by atoms with Gasteiger partial charge in [0.1, 0.15) is 11.9 Å². The van der Waals surface area contributed by atoms with Crippen LogP contribution in [0.15, 0.2) is 60.7 Å². The predicted octanol–water partition coefficient (Wildman–Crippen LogP) is 6.83. The van der Waals surface area contributed by atoms with Gasteiger partial charge in [0.15, 0.2) is 0 Å². The van der Waals surface area contributed by atoms with Crippen molar-refractivity contribution in [1.29, 1.82) is 0 Å². The smallest absolute Gasteiger partial charge is 0.251 e. The number of likely N-dealkylation sites (tertiary alicyclic amines) is 1. The van der Waals surface area contributed by atoms with Crippen molar-refractivity contribution in [3.8, 4) is 5.75 Å². The number of fused-ring (bicyclic) bond motifs is 3. The van der Waals surface area contributed by atoms with Crippen LogP contribution in [0, 0.1) is 5.41 Å². The quantitative estimate of drug-likeness (QED) is 0.225. The van der Waals surface area contributed by atoms with E-state index in [4.69, 9.17) is 16.3 Å². The number of benzene rings is 3. The molecular weight excluding hydrogens is 532 g/mol. The molecule has 6 nitrogen and oxygen atoms in total. The number of carbonyl (C=O) groups is 1. The van der Waals surface area contributed by atoms with E-state index in [-0.39, 0.29) is 17.4 Å². The summed E-state index contributed by atoms with van der Waals surface area (Å²) in [6.07, 6.45) is 1.99. The Morgan fingerprint density at radius 3 is 2.46 bits per heavy atom. The molecule has 1 amide bonds. The fourth-order valence-electron chi connectivity index (χ4n) is 6.23. The van der Waals surface area contributed by atoms with E-state index >= 15 is 0 Å². The van der Waals surface area contributed by atoms with Gasteiger partial charge >= 0.3 is 0 Å². The summed E-state index contributed by atoms with van der Waals surface area (Å²) in [7, 11) is 4.08. The lowest BCUT2D eigenvalue weighted by molar-refractivity contribution is 0.0928. The summed E-state index contributed by atoms with van der Waals surface area (Å²) in [4.78, 5) is 17.4. The first kappa shape index (κ1) is 29.4. The fraction of sp³-hybridized carbons (Fsp3) is 0.441. The van der Waals surface area contributed by atoms with Crippen LogP contribution in [0.5, 0.6) is 5.75 Å². The van der Waals surface area contributed by atoms with Gasteiger partial charge in [0, 0.05) is 66.6 Å². The molecular formula is C34H43ClN4O2. The number of aromatic nitrogens is 1. The van der Waals surface area contributed by atoms with Gasteiger partial charge in [-0.05, 0) is 81.2 Å². The highest BCUT2D eigenvalue weighted by Crippen LogP contribution is 2.31. The van der Waals surface area contributed by atoms with Crippen molar-refractivity contribution in [2.75, 3.05) is 40.3 Å². The number of halogens is 1. The summed E-state index contributed by atoms with van der Waals surface area (Å²) >= 11 is 6.57. The molecule has 218 valence electrons. The number of hydrogen-bond acceptors (Lipinski definition) is 4. The second-order valence-corrected chi connectivity index (χ2v) is 12.8. The third-order valence-electron chi connectivity index (χ3n) is 8.05. The first-order valence-corrected chi connectivity index (χ1v) is 15.1. The first-order chi connectivity index (χ1) is 19.6. The van der Waals surface area contributed by atoms with Gasteiger partial charge in [-0.3, -0.25) is 9.69 Å². The van der Waals surface area contributed by atoms with Crippen molar-refractivity contribution in [3.05, 3.63) is 76.8 Å². The van der Waals surface area contributed by atoms with E-state index in [9.17, 15) is 4.79 Å². The fourth-order valence-corrected chi connectivity index (χ4v) is 6.46. The Labute approximate surface area is 249 Å². The van der Waals surface area contributed by atoms with Crippen LogP contribution >= 0.6 is 11.6 Å². The van der Waals surface area contributed by atoms with Crippen molar-refractivity contribution in [1.82, 2.24) is 19.7 Å². The number of para-hydroxylation sites is 1. The lowest BCUT2D eigenvalue weighted by atomic mass is 9.93. The number of amides is 1. The molecule has 1 fully saturated rings. The maximum atomic E-state index is 12.7. The van der Waals surface area contributed by atoms with E-state index in [1.807, 2.05) is 20.2 Å². The number of nitrogens with zero attached hydrogens (tertiary/aromatic N) is 3. The van der Waals surface area contributed by atoms with Crippen LogP contribution in [0.3, 0.4) is 0 Å². The number of carbonyl (C=O) groups excluding carboxylic acids is 1. The molecule has 5 rings (SSSR count). The molecule has 3 aromatic carbocycles. The minimum atomic E-state index is -0.115. The zero-order valence-electron chi connectivity index (χ0n) is 25.0. The van der Waals surface area contributed by atoms with Crippen molar-refractivity contribution in [2.24, 2.45) is 5.41 Å². The highest BCUT2D eigenvalue weighted by atomic mass is 35.5. The third kappa shape index (κ3) is 6.88. The van der Waals surface area contributed by atoms with Gasteiger partial charge in [0.25, 0.3) is 5.91 Å². The van der Waals surface area contributed by atoms with Crippen LogP contribution in [0.25, 0.3) is 21.8 Å². The Morgan fingerprint density at radius 2 is 1.76 bits per heavy atom. The Kier molecular flexibility index (Phi) is 8.93. The van der Waals surface area contributed by atoms with E-state index < -0.39 is 0 Å². The summed E-state index contributed by atoms with van der Waals surface area (Å²) in [6.45, 7) is 11.8. The van der Waals surface area contributed by atoms with Gasteiger partial charge in [0.05, 0.1) is 5.02 Å². The molecule has 1 aromatic heterocycles. The Morgan fingerprint density at radius 1 is 1.02 bits per heavy atom. The molecule has 1 N–H and O–H groups in total. The maximum absolute atomic E-state index is 12.7. The zero-order valence-corrected chi connectivity index (χ0v) is 25.8. The second kappa shape index (κ2) is 12.4. The molecule has 0 atom stereocenters. The summed E-state index contributed by atoms with van der Waals surface area (Å²) in [5, 5.41) is 6.19. The second-order valence-electron chi connectivity index (χ2n) is 12.4. The minimum Gasteiger partial charge on any atom is -0.489 e. The normalized spacial score (nSPS) is 15.2. The number of rotatable bonds is 10. The highest BCUT2D eigenvalue weighted by Gasteiger charge is 2.23. The van der Waals surface area contributed by atoms with Gasteiger partial charge in [-0.25, -0.2) is 0 Å². The monoisotopic (exact) mass is 574 g/mol. The number of aryl methyl sites for hydroxylation is 1. The van der Waals surface area contributed by atoms with Crippen molar-refractivity contribution >= 4 is 39.3 Å². The van der Waals surface area contributed by atoms with Crippen LogP contribution in [-0.2, 0) is 13.1 Å². The van der Waals surface area contributed by atoms with Crippen LogP contribution in [0.4, 0.5) is 0 Å². The summed E-state index contributed by atoms with van der Waals surface area (Å²) < 4.78 is 8.70. The molecule has 0 radical (unpaired) electrons. The maximum Gasteiger partial charge on any atom is 0.251 e. The lowest BCUT2D eigenvalue weighted by Gasteiger charge is -2.32. The molecule has 0 spiro atoms. The molecule has 7 heteroatoms. The molecule has 2 heterocycles. The van der Waals surface area contributed by atoms with E-state index in [1.54, 1.807) is 12.1 Å². The van der Waals surface area contributed by atoms with Gasteiger partial charge in [-0.1, -0.05) is 49.7 Å². The van der Waals surface area contributed by atoms with Crippen molar-refractivity contribution in [2.45, 2.75) is 52.8 Å². The van der Waals surface area contributed by atoms with E-state index in [2.05, 4.69) is 82.9 Å². The Bertz CT molecular complexity index is 1520. The molecule has 0 bridgehead atoms. The predicted molar refractivity (Wildman–Crippen MR) is 170 cm³/mol. The first-order valence-electron chi connectivity index (χ1n) is 14.7. The third-order valence-corrected chi connectivity index (χ3v) is 8.35. The van der Waals surface area contributed by atoms with Gasteiger partial charge in [-0.2, -0.15) is 0 Å². The van der Waals surface area contributed by atoms with Crippen molar-refractivity contribution < 1.29 is 9.53 Å². The van der Waals surface area contributed by atoms with E-state index in [0.29, 0.717) is 22.9 Å². The van der Waals surface area contributed by atoms with Crippen LogP contribution < -0.4 is 10.1 Å². The molecule has 0 unspecified atom stereocenters. The number of piperidine rings is 1. The molecule has 0 aliphatic carbocycles. The molecule has 1 saturated heterocycles. The molecule has 1 aliphatic heterocycles. The van der Waals surface area contributed by atoms with Gasteiger partial charge in [0.2, 0.25) is 0 Å². The Balaban J connectivity index is 1.15. The highest BCUT2D eigenvalue weighted by molar-refractivity contribution is 6.32. The zero-order chi connectivity index (χ0) is 29.1. The van der Waals surface area contributed by atoms with E-state index in [1.165, 1.54) is 27.4 Å². The summed E-state index contributed by atoms with van der Waals surface area (Å²) in [6, 6.07) is 21.0. The van der Waals surface area contributed by atoms with Crippen LogP contribution in [0.1, 0.15) is 49.5 Å². The largest absolute Gasteiger partial charge is 0.489 e. The number of nitrogens with one attached hydrogen (secondary N) is 1. The van der Waals surface area contributed by atoms with Crippen molar-refractivity contribution in [3.63, 3.8) is 0 Å². The molecule has 0 saturated carbocycles. The summed E-state index contributed by atoms with van der Waals surface area (Å²) in [5.41, 5.74) is 4.48. The molecule has 4 aromatic rings. The minimum absolute atomic E-state index is 0.0247. The topological polar surface area (TPSA) is 49.7 Å². The SMILES string of the molecule is CCn1c2ccccc2c2cc(CN3CCC(Oc4ccc(C(=O)NCC(C)(C)CN(C)C)cc4Cl)CC3)ccc21. The Hall–Kier alpha value is -3.06. The molecule has 41 heavy (non-hydrogen) atoms. The van der Waals surface area contributed by atoms with Gasteiger partial charge in [-0.15, -0.1) is 0 Å². The average Bonchev–Trinajstić information content (AvgIpc) is 3.26. The standard InChI is InChI=1S/C34H43ClN4O2/c1-6-39-30-10-8-7-9-27(30)28-19-24(11-13-31(28)39)21-38-17-15-26(16-18-38)41-32-14-12-25(20-29(32)35)33(40)36-22-34(2,3)23-37(4)5/h7-14,19-20,26H,6,15-18,21-23H2,1-5H3,(H,36,40). The van der Waals surface area contributed by atoms with Crippen LogP contribution in [0.2, 0.25) is 5.02 Å².